The van der Waals surface area contributed by atoms with Crippen LogP contribution in [0, 0.1) is 0 Å². The average Bonchev–Trinajstić information content (AvgIpc) is 2.48. The van der Waals surface area contributed by atoms with Crippen molar-refractivity contribution >= 4 is 5.91 Å². The number of aliphatic hydroxyl groups excluding tert-OH is 1. The molecule has 1 amide bonds. The van der Waals surface area contributed by atoms with Crippen molar-refractivity contribution < 1.29 is 14.6 Å². The van der Waals surface area contributed by atoms with Crippen molar-refractivity contribution in [2.75, 3.05) is 6.61 Å². The number of rotatable bonds is 5. The van der Waals surface area contributed by atoms with E-state index in [1.54, 1.807) is 12.1 Å². The van der Waals surface area contributed by atoms with Gasteiger partial charge in [-0.25, -0.2) is 0 Å². The molecule has 4 nitrogen and oxygen atoms in total. The zero-order valence-electron chi connectivity index (χ0n) is 12.5. The van der Waals surface area contributed by atoms with Gasteiger partial charge in [-0.05, 0) is 30.5 Å². The maximum Gasteiger partial charge on any atom is 0.258 e. The molecular weight excluding hydrogens is 266 g/mol. The highest BCUT2D eigenvalue weighted by Gasteiger charge is 2.14. The van der Waals surface area contributed by atoms with Crippen LogP contribution in [0.15, 0.2) is 24.3 Å². The van der Waals surface area contributed by atoms with Gasteiger partial charge in [0, 0.05) is 6.04 Å². The first-order valence-corrected chi connectivity index (χ1v) is 7.90. The molecule has 1 aliphatic carbocycles. The maximum absolute atomic E-state index is 12.0. The van der Waals surface area contributed by atoms with Crippen LogP contribution in [-0.4, -0.2) is 23.7 Å². The van der Waals surface area contributed by atoms with E-state index in [0.717, 1.165) is 18.4 Å². The molecule has 0 aliphatic heterocycles. The second-order valence-electron chi connectivity index (χ2n) is 5.70. The fourth-order valence-electron chi connectivity index (χ4n) is 2.75. The molecule has 116 valence electrons. The van der Waals surface area contributed by atoms with Crippen LogP contribution in [0.4, 0.5) is 0 Å². The van der Waals surface area contributed by atoms with Crippen LogP contribution in [0.2, 0.25) is 0 Å². The molecular formula is C17H25NO3. The smallest absolute Gasteiger partial charge is 0.258 e. The zero-order valence-corrected chi connectivity index (χ0v) is 12.5. The van der Waals surface area contributed by atoms with Gasteiger partial charge in [-0.3, -0.25) is 4.79 Å². The van der Waals surface area contributed by atoms with Crippen molar-refractivity contribution in [3.8, 4) is 5.75 Å². The Kier molecular flexibility index (Phi) is 6.54. The second-order valence-corrected chi connectivity index (χ2v) is 5.70. The van der Waals surface area contributed by atoms with Crippen LogP contribution in [0.25, 0.3) is 0 Å². The van der Waals surface area contributed by atoms with Crippen LogP contribution in [0.1, 0.15) is 50.5 Å². The summed E-state index contributed by atoms with van der Waals surface area (Å²) < 4.78 is 5.48. The molecule has 4 heteroatoms. The van der Waals surface area contributed by atoms with E-state index in [9.17, 15) is 4.79 Å². The van der Waals surface area contributed by atoms with E-state index in [-0.39, 0.29) is 19.1 Å². The normalized spacial score (nSPS) is 16.8. The number of benzene rings is 1. The summed E-state index contributed by atoms with van der Waals surface area (Å²) in [6.45, 7) is 0.0108. The number of hydrogen-bond acceptors (Lipinski definition) is 3. The summed E-state index contributed by atoms with van der Waals surface area (Å²) in [5.41, 5.74) is 0.785. The molecule has 1 aromatic carbocycles. The summed E-state index contributed by atoms with van der Waals surface area (Å²) in [6, 6.07) is 7.48. The van der Waals surface area contributed by atoms with Crippen molar-refractivity contribution in [1.82, 2.24) is 5.32 Å². The van der Waals surface area contributed by atoms with E-state index in [0.29, 0.717) is 11.8 Å². The Labute approximate surface area is 126 Å². The average molecular weight is 291 g/mol. The standard InChI is InChI=1S/C17H25NO3/c19-12-14-7-6-10-16(11-14)21-13-17(20)18-15-8-4-2-1-3-5-9-15/h6-7,10-11,15,19H,1-5,8-9,12-13H2,(H,18,20). The summed E-state index contributed by atoms with van der Waals surface area (Å²) in [5, 5.41) is 12.1. The molecule has 0 aromatic heterocycles. The molecule has 1 aliphatic rings. The molecule has 0 atom stereocenters. The van der Waals surface area contributed by atoms with E-state index in [1.165, 1.54) is 32.1 Å². The Morgan fingerprint density at radius 1 is 1.19 bits per heavy atom. The van der Waals surface area contributed by atoms with Gasteiger partial charge in [-0.1, -0.05) is 44.2 Å². The van der Waals surface area contributed by atoms with E-state index >= 15 is 0 Å². The highest BCUT2D eigenvalue weighted by Crippen LogP contribution is 2.17. The lowest BCUT2D eigenvalue weighted by atomic mass is 9.97. The first-order valence-electron chi connectivity index (χ1n) is 7.90. The summed E-state index contributed by atoms with van der Waals surface area (Å²) >= 11 is 0. The second kappa shape index (κ2) is 8.67. The van der Waals surface area contributed by atoms with Gasteiger partial charge in [0.1, 0.15) is 5.75 Å². The summed E-state index contributed by atoms with van der Waals surface area (Å²) in [6.07, 6.45) is 8.42. The minimum absolute atomic E-state index is 0.0224. The third-order valence-electron chi connectivity index (χ3n) is 3.92. The number of aliphatic hydroxyl groups is 1. The zero-order chi connectivity index (χ0) is 14.9. The molecule has 0 unspecified atom stereocenters. The summed E-state index contributed by atoms with van der Waals surface area (Å²) in [5.74, 6) is 0.560. The maximum atomic E-state index is 12.0. The first kappa shape index (κ1) is 15.8. The van der Waals surface area contributed by atoms with Gasteiger partial charge in [-0.15, -0.1) is 0 Å². The highest BCUT2D eigenvalue weighted by atomic mass is 16.5. The van der Waals surface area contributed by atoms with Gasteiger partial charge in [0.15, 0.2) is 6.61 Å². The predicted molar refractivity (Wildman–Crippen MR) is 82.1 cm³/mol. The topological polar surface area (TPSA) is 58.6 Å². The summed E-state index contributed by atoms with van der Waals surface area (Å²) in [7, 11) is 0. The Bertz CT molecular complexity index is 439. The van der Waals surface area contributed by atoms with E-state index in [4.69, 9.17) is 9.84 Å². The van der Waals surface area contributed by atoms with Crippen LogP contribution in [-0.2, 0) is 11.4 Å². The molecule has 0 saturated heterocycles. The SMILES string of the molecule is O=C(COc1cccc(CO)c1)NC1CCCCCCC1. The van der Waals surface area contributed by atoms with E-state index < -0.39 is 0 Å². The largest absolute Gasteiger partial charge is 0.484 e. The number of carbonyl (C=O) groups excluding carboxylic acids is 1. The molecule has 0 heterocycles. The Morgan fingerprint density at radius 3 is 2.62 bits per heavy atom. The molecule has 0 radical (unpaired) electrons. The van der Waals surface area contributed by atoms with Crippen LogP contribution in [0.3, 0.4) is 0 Å². The molecule has 0 spiro atoms. The monoisotopic (exact) mass is 291 g/mol. The van der Waals surface area contributed by atoms with Gasteiger partial charge < -0.3 is 15.2 Å². The lowest BCUT2D eigenvalue weighted by Crippen LogP contribution is -2.38. The number of hydrogen-bond donors (Lipinski definition) is 2. The summed E-state index contributed by atoms with van der Waals surface area (Å²) in [4.78, 5) is 12.0. The van der Waals surface area contributed by atoms with Gasteiger partial charge in [0.05, 0.1) is 6.61 Å². The molecule has 21 heavy (non-hydrogen) atoms. The van der Waals surface area contributed by atoms with Gasteiger partial charge in [-0.2, -0.15) is 0 Å². The Morgan fingerprint density at radius 2 is 1.90 bits per heavy atom. The number of ether oxygens (including phenoxy) is 1. The number of amides is 1. The van der Waals surface area contributed by atoms with Crippen molar-refractivity contribution in [1.29, 1.82) is 0 Å². The molecule has 1 saturated carbocycles. The van der Waals surface area contributed by atoms with Crippen molar-refractivity contribution in [2.45, 2.75) is 57.6 Å². The Balaban J connectivity index is 1.75. The quantitative estimate of drug-likeness (QED) is 0.877. The number of nitrogens with one attached hydrogen (secondary N) is 1. The van der Waals surface area contributed by atoms with Gasteiger partial charge in [0.25, 0.3) is 5.91 Å². The van der Waals surface area contributed by atoms with Gasteiger partial charge in [0.2, 0.25) is 0 Å². The molecule has 1 aromatic rings. The van der Waals surface area contributed by atoms with E-state index in [2.05, 4.69) is 5.32 Å². The molecule has 2 rings (SSSR count). The van der Waals surface area contributed by atoms with Crippen molar-refractivity contribution in [3.63, 3.8) is 0 Å². The molecule has 2 N–H and O–H groups in total. The van der Waals surface area contributed by atoms with Crippen molar-refractivity contribution in [2.24, 2.45) is 0 Å². The highest BCUT2D eigenvalue weighted by molar-refractivity contribution is 5.77. The fraction of sp³-hybridized carbons (Fsp3) is 0.588. The predicted octanol–water partition coefficient (Wildman–Crippen LogP) is 2.79. The molecule has 0 bridgehead atoms. The van der Waals surface area contributed by atoms with E-state index in [1.807, 2.05) is 12.1 Å². The minimum atomic E-state index is -0.0602. The Hall–Kier alpha value is -1.55. The van der Waals surface area contributed by atoms with Crippen molar-refractivity contribution in [3.05, 3.63) is 29.8 Å². The lowest BCUT2D eigenvalue weighted by molar-refractivity contribution is -0.123. The third-order valence-corrected chi connectivity index (χ3v) is 3.92. The number of carbonyl (C=O) groups is 1. The van der Waals surface area contributed by atoms with Crippen LogP contribution < -0.4 is 10.1 Å². The minimum Gasteiger partial charge on any atom is -0.484 e. The lowest BCUT2D eigenvalue weighted by Gasteiger charge is -2.21. The van der Waals surface area contributed by atoms with Crippen LogP contribution in [0.5, 0.6) is 5.75 Å². The fourth-order valence-corrected chi connectivity index (χ4v) is 2.75. The van der Waals surface area contributed by atoms with Gasteiger partial charge >= 0.3 is 0 Å². The van der Waals surface area contributed by atoms with Crippen LogP contribution >= 0.6 is 0 Å². The third kappa shape index (κ3) is 5.76. The molecule has 1 fully saturated rings. The first-order chi connectivity index (χ1) is 10.3.